The zero-order chi connectivity index (χ0) is 15.2. The van der Waals surface area contributed by atoms with Gasteiger partial charge in [0.25, 0.3) is 5.91 Å². The largest absolute Gasteiger partial charge is 0.497 e. The van der Waals surface area contributed by atoms with E-state index >= 15 is 0 Å². The van der Waals surface area contributed by atoms with Crippen molar-refractivity contribution in [1.29, 1.82) is 0 Å². The Morgan fingerprint density at radius 3 is 2.38 bits per heavy atom. The van der Waals surface area contributed by atoms with Crippen molar-refractivity contribution in [3.63, 3.8) is 0 Å². The molecule has 0 radical (unpaired) electrons. The van der Waals surface area contributed by atoms with E-state index in [0.717, 1.165) is 17.0 Å². The van der Waals surface area contributed by atoms with Crippen molar-refractivity contribution in [2.75, 3.05) is 12.4 Å². The number of benzene rings is 2. The molecule has 4 nitrogen and oxygen atoms in total. The summed E-state index contributed by atoms with van der Waals surface area (Å²) in [5.41, 5.74) is 1.86. The first kappa shape index (κ1) is 14.9. The van der Waals surface area contributed by atoms with Crippen LogP contribution in [0.2, 0.25) is 0 Å². The number of carbonyl (C=O) groups excluding carboxylic acids is 1. The summed E-state index contributed by atoms with van der Waals surface area (Å²) in [5, 5.41) is 2.84. The van der Waals surface area contributed by atoms with Crippen LogP contribution in [-0.2, 0) is 4.79 Å². The SMILES string of the molecule is COc1ccc(O[C@H](C)C(=O)Nc2cccc(C)c2)cc1. The van der Waals surface area contributed by atoms with Crippen LogP contribution in [0.25, 0.3) is 0 Å². The van der Waals surface area contributed by atoms with Gasteiger partial charge in [-0.3, -0.25) is 4.79 Å². The molecule has 1 atom stereocenters. The zero-order valence-electron chi connectivity index (χ0n) is 12.4. The van der Waals surface area contributed by atoms with E-state index in [1.807, 2.05) is 31.2 Å². The molecule has 0 fully saturated rings. The Bertz CT molecular complexity index is 608. The van der Waals surface area contributed by atoms with Gasteiger partial charge in [0.2, 0.25) is 0 Å². The molecule has 0 aliphatic carbocycles. The number of amides is 1. The van der Waals surface area contributed by atoms with Gasteiger partial charge in [-0.2, -0.15) is 0 Å². The van der Waals surface area contributed by atoms with E-state index in [2.05, 4.69) is 5.32 Å². The van der Waals surface area contributed by atoms with Gasteiger partial charge in [0.15, 0.2) is 6.10 Å². The predicted molar refractivity (Wildman–Crippen MR) is 82.9 cm³/mol. The first-order valence-electron chi connectivity index (χ1n) is 6.77. The molecule has 1 N–H and O–H groups in total. The van der Waals surface area contributed by atoms with Gasteiger partial charge in [-0.15, -0.1) is 0 Å². The van der Waals surface area contributed by atoms with Crippen LogP contribution in [0, 0.1) is 6.92 Å². The highest BCUT2D eigenvalue weighted by Gasteiger charge is 2.14. The van der Waals surface area contributed by atoms with E-state index in [1.165, 1.54) is 0 Å². The number of methoxy groups -OCH3 is 1. The van der Waals surface area contributed by atoms with Gasteiger partial charge in [-0.1, -0.05) is 12.1 Å². The predicted octanol–water partition coefficient (Wildman–Crippen LogP) is 3.41. The van der Waals surface area contributed by atoms with Crippen molar-refractivity contribution in [3.05, 3.63) is 54.1 Å². The average Bonchev–Trinajstić information content (AvgIpc) is 2.48. The van der Waals surface area contributed by atoms with Crippen LogP contribution in [0.15, 0.2) is 48.5 Å². The van der Waals surface area contributed by atoms with Gasteiger partial charge in [-0.05, 0) is 55.8 Å². The maximum absolute atomic E-state index is 12.1. The number of hydrogen-bond acceptors (Lipinski definition) is 3. The molecule has 0 saturated carbocycles. The van der Waals surface area contributed by atoms with Gasteiger partial charge in [0, 0.05) is 5.69 Å². The Hall–Kier alpha value is -2.49. The van der Waals surface area contributed by atoms with Crippen molar-refractivity contribution in [1.82, 2.24) is 0 Å². The standard InChI is InChI=1S/C17H19NO3/c1-12-5-4-6-14(11-12)18-17(19)13(2)21-16-9-7-15(20-3)8-10-16/h4-11,13H,1-3H3,(H,18,19)/t13-/m1/s1. The molecule has 21 heavy (non-hydrogen) atoms. The monoisotopic (exact) mass is 285 g/mol. The molecule has 0 aliphatic rings. The topological polar surface area (TPSA) is 47.6 Å². The lowest BCUT2D eigenvalue weighted by Crippen LogP contribution is -2.30. The highest BCUT2D eigenvalue weighted by Crippen LogP contribution is 2.18. The Balaban J connectivity index is 1.95. The molecule has 0 aliphatic heterocycles. The lowest BCUT2D eigenvalue weighted by molar-refractivity contribution is -0.122. The molecule has 0 heterocycles. The van der Waals surface area contributed by atoms with Gasteiger partial charge < -0.3 is 14.8 Å². The van der Waals surface area contributed by atoms with E-state index < -0.39 is 6.10 Å². The summed E-state index contributed by atoms with van der Waals surface area (Å²) in [5.74, 6) is 1.19. The van der Waals surface area contributed by atoms with Crippen LogP contribution >= 0.6 is 0 Å². The van der Waals surface area contributed by atoms with Gasteiger partial charge >= 0.3 is 0 Å². The first-order valence-corrected chi connectivity index (χ1v) is 6.77. The van der Waals surface area contributed by atoms with Crippen LogP contribution in [0.1, 0.15) is 12.5 Å². The van der Waals surface area contributed by atoms with Crippen molar-refractivity contribution in [3.8, 4) is 11.5 Å². The third-order valence-electron chi connectivity index (χ3n) is 3.03. The van der Waals surface area contributed by atoms with Crippen LogP contribution in [0.4, 0.5) is 5.69 Å². The Morgan fingerprint density at radius 2 is 1.76 bits per heavy atom. The number of anilines is 1. The van der Waals surface area contributed by atoms with Crippen LogP contribution in [0.3, 0.4) is 0 Å². The fourth-order valence-corrected chi connectivity index (χ4v) is 1.88. The number of ether oxygens (including phenoxy) is 2. The summed E-state index contributed by atoms with van der Waals surface area (Å²) in [6.45, 7) is 3.70. The molecule has 1 amide bonds. The number of carbonyl (C=O) groups is 1. The number of nitrogens with one attached hydrogen (secondary N) is 1. The molecule has 0 bridgehead atoms. The second-order valence-corrected chi connectivity index (χ2v) is 4.79. The number of rotatable bonds is 5. The fraction of sp³-hybridized carbons (Fsp3) is 0.235. The van der Waals surface area contributed by atoms with Crippen LogP contribution in [-0.4, -0.2) is 19.1 Å². The minimum absolute atomic E-state index is 0.184. The van der Waals surface area contributed by atoms with E-state index in [1.54, 1.807) is 38.3 Å². The second-order valence-electron chi connectivity index (χ2n) is 4.79. The highest BCUT2D eigenvalue weighted by molar-refractivity contribution is 5.94. The maximum Gasteiger partial charge on any atom is 0.265 e. The Kier molecular flexibility index (Phi) is 4.82. The summed E-state index contributed by atoms with van der Waals surface area (Å²) >= 11 is 0. The van der Waals surface area contributed by atoms with E-state index in [-0.39, 0.29) is 5.91 Å². The Labute approximate surface area is 124 Å². The second kappa shape index (κ2) is 6.79. The molecule has 2 aromatic rings. The summed E-state index contributed by atoms with van der Waals surface area (Å²) in [6.07, 6.45) is -0.584. The molecule has 4 heteroatoms. The average molecular weight is 285 g/mol. The third kappa shape index (κ3) is 4.24. The summed E-state index contributed by atoms with van der Waals surface area (Å²) < 4.78 is 10.7. The summed E-state index contributed by atoms with van der Waals surface area (Å²) in [6, 6.07) is 14.8. The van der Waals surface area contributed by atoms with Gasteiger partial charge in [-0.25, -0.2) is 0 Å². The van der Waals surface area contributed by atoms with Crippen molar-refractivity contribution in [2.45, 2.75) is 20.0 Å². The molecule has 2 rings (SSSR count). The van der Waals surface area contributed by atoms with Crippen LogP contribution in [0.5, 0.6) is 11.5 Å². The molecular weight excluding hydrogens is 266 g/mol. The number of aryl methyl sites for hydroxylation is 1. The minimum Gasteiger partial charge on any atom is -0.497 e. The van der Waals surface area contributed by atoms with E-state index in [4.69, 9.17) is 9.47 Å². The number of hydrogen-bond donors (Lipinski definition) is 1. The lowest BCUT2D eigenvalue weighted by atomic mass is 10.2. The zero-order valence-corrected chi connectivity index (χ0v) is 12.4. The van der Waals surface area contributed by atoms with Gasteiger partial charge in [0.05, 0.1) is 7.11 Å². The minimum atomic E-state index is -0.584. The summed E-state index contributed by atoms with van der Waals surface area (Å²) in [4.78, 5) is 12.1. The molecule has 110 valence electrons. The maximum atomic E-state index is 12.1. The smallest absolute Gasteiger partial charge is 0.265 e. The van der Waals surface area contributed by atoms with Crippen LogP contribution < -0.4 is 14.8 Å². The van der Waals surface area contributed by atoms with Crippen molar-refractivity contribution < 1.29 is 14.3 Å². The molecule has 0 unspecified atom stereocenters. The fourth-order valence-electron chi connectivity index (χ4n) is 1.88. The quantitative estimate of drug-likeness (QED) is 0.915. The normalized spacial score (nSPS) is 11.6. The van der Waals surface area contributed by atoms with E-state index in [0.29, 0.717) is 5.75 Å². The van der Waals surface area contributed by atoms with Crippen molar-refractivity contribution >= 4 is 11.6 Å². The molecule has 2 aromatic carbocycles. The molecule has 0 spiro atoms. The third-order valence-corrected chi connectivity index (χ3v) is 3.03. The summed E-state index contributed by atoms with van der Waals surface area (Å²) in [7, 11) is 1.60. The molecular formula is C17H19NO3. The van der Waals surface area contributed by atoms with Crippen molar-refractivity contribution in [2.24, 2.45) is 0 Å². The Morgan fingerprint density at radius 1 is 1.10 bits per heavy atom. The highest BCUT2D eigenvalue weighted by atomic mass is 16.5. The molecule has 0 aromatic heterocycles. The van der Waals surface area contributed by atoms with E-state index in [9.17, 15) is 4.79 Å². The van der Waals surface area contributed by atoms with Gasteiger partial charge in [0.1, 0.15) is 11.5 Å². The first-order chi connectivity index (χ1) is 10.1. The molecule has 0 saturated heterocycles. The lowest BCUT2D eigenvalue weighted by Gasteiger charge is -2.15.